The number of piperidine rings is 1. The van der Waals surface area contributed by atoms with Gasteiger partial charge in [0.15, 0.2) is 11.1 Å². The second-order valence-corrected chi connectivity index (χ2v) is 10.1. The molecular weight excluding hydrogens is 420 g/mol. The lowest BCUT2D eigenvalue weighted by molar-refractivity contribution is 0.436. The summed E-state index contributed by atoms with van der Waals surface area (Å²) in [6, 6.07) is 15.1. The molecule has 3 aromatic rings. The summed E-state index contributed by atoms with van der Waals surface area (Å²) in [5, 5.41) is 8.89. The third-order valence-electron chi connectivity index (χ3n) is 5.48. The van der Waals surface area contributed by atoms with Gasteiger partial charge >= 0.3 is 0 Å². The molecule has 1 aliphatic rings. The number of hydrogen-bond donors (Lipinski definition) is 0. The van der Waals surface area contributed by atoms with Crippen LogP contribution in [0.4, 0.5) is 5.82 Å². The Morgan fingerprint density at radius 1 is 1.07 bits per heavy atom. The monoisotopic (exact) mass is 440 g/mol. The van der Waals surface area contributed by atoms with Gasteiger partial charge in [0.2, 0.25) is 9.84 Å². The smallest absolute Gasteiger partial charge is 0.200 e. The molecule has 0 radical (unpaired) electrons. The number of aromatic nitrogens is 2. The fourth-order valence-electron chi connectivity index (χ4n) is 3.67. The average Bonchev–Trinajstić information content (AvgIpc) is 2.74. The Balaban J connectivity index is 1.87. The molecule has 2 aromatic carbocycles. The lowest BCUT2D eigenvalue weighted by Gasteiger charge is -2.32. The first kappa shape index (κ1) is 20.6. The van der Waals surface area contributed by atoms with Gasteiger partial charge in [0.05, 0.1) is 22.0 Å². The van der Waals surface area contributed by atoms with Crippen LogP contribution in [0, 0.1) is 17.2 Å². The fourth-order valence-corrected chi connectivity index (χ4v) is 5.18. The van der Waals surface area contributed by atoms with E-state index in [1.165, 1.54) is 24.3 Å². The van der Waals surface area contributed by atoms with E-state index in [1.54, 1.807) is 6.07 Å². The van der Waals surface area contributed by atoms with Crippen molar-refractivity contribution in [2.75, 3.05) is 18.0 Å². The van der Waals surface area contributed by atoms with Gasteiger partial charge in [-0.25, -0.2) is 18.4 Å². The van der Waals surface area contributed by atoms with Crippen LogP contribution in [0.5, 0.6) is 0 Å². The van der Waals surface area contributed by atoms with E-state index in [1.807, 2.05) is 24.3 Å². The first-order valence-electron chi connectivity index (χ1n) is 9.81. The molecule has 30 heavy (non-hydrogen) atoms. The second kappa shape index (κ2) is 8.21. The van der Waals surface area contributed by atoms with Crippen LogP contribution in [0.2, 0.25) is 5.02 Å². The topological polar surface area (TPSA) is 86.9 Å². The van der Waals surface area contributed by atoms with E-state index < -0.39 is 15.1 Å². The van der Waals surface area contributed by atoms with Gasteiger partial charge in [-0.2, -0.15) is 5.26 Å². The van der Waals surface area contributed by atoms with Crippen molar-refractivity contribution in [2.24, 2.45) is 5.92 Å². The largest absolute Gasteiger partial charge is 0.355 e. The molecule has 1 unspecified atom stereocenters. The maximum absolute atomic E-state index is 13.3. The highest BCUT2D eigenvalue weighted by atomic mass is 35.5. The third kappa shape index (κ3) is 3.85. The quantitative estimate of drug-likeness (QED) is 0.591. The molecule has 8 heteroatoms. The first-order valence-corrected chi connectivity index (χ1v) is 11.7. The molecule has 1 aliphatic heterocycles. The number of benzene rings is 2. The molecule has 4 rings (SSSR count). The van der Waals surface area contributed by atoms with Gasteiger partial charge in [-0.3, -0.25) is 0 Å². The number of rotatable bonds is 4. The zero-order chi connectivity index (χ0) is 21.3. The zero-order valence-electron chi connectivity index (χ0n) is 16.5. The van der Waals surface area contributed by atoms with Crippen molar-refractivity contribution in [3.05, 3.63) is 59.2 Å². The number of sulfone groups is 1. The summed E-state index contributed by atoms with van der Waals surface area (Å²) in [6.45, 7) is 3.70. The zero-order valence-corrected chi connectivity index (χ0v) is 18.1. The summed E-state index contributed by atoms with van der Waals surface area (Å²) in [7, 11) is -4.01. The van der Waals surface area contributed by atoms with Gasteiger partial charge in [-0.05, 0) is 55.2 Å². The van der Waals surface area contributed by atoms with Crippen LogP contribution in [0.3, 0.4) is 0 Å². The molecule has 0 bridgehead atoms. The van der Waals surface area contributed by atoms with E-state index in [-0.39, 0.29) is 10.6 Å². The van der Waals surface area contributed by atoms with Crippen molar-refractivity contribution in [3.63, 3.8) is 0 Å². The minimum Gasteiger partial charge on any atom is -0.355 e. The molecule has 1 fully saturated rings. The van der Waals surface area contributed by atoms with Crippen LogP contribution in [-0.2, 0) is 9.84 Å². The minimum atomic E-state index is -4.01. The molecule has 0 aliphatic carbocycles. The van der Waals surface area contributed by atoms with Crippen molar-refractivity contribution in [3.8, 4) is 6.07 Å². The maximum atomic E-state index is 13.3. The molecule has 154 valence electrons. The summed E-state index contributed by atoms with van der Waals surface area (Å²) in [5.41, 5.74) is 1.42. The Morgan fingerprint density at radius 2 is 1.67 bits per heavy atom. The van der Waals surface area contributed by atoms with Crippen LogP contribution < -0.4 is 4.90 Å². The Morgan fingerprint density at radius 3 is 2.27 bits per heavy atom. The van der Waals surface area contributed by atoms with E-state index in [4.69, 9.17) is 16.6 Å². The average molecular weight is 441 g/mol. The lowest BCUT2D eigenvalue weighted by atomic mass is 9.99. The SMILES string of the molecule is CC1CCN(c2nc3ccccc3nc2C(C#N)S(=O)(=O)c2ccc(Cl)cc2)CC1. The van der Waals surface area contributed by atoms with Crippen LogP contribution in [0.25, 0.3) is 11.0 Å². The predicted octanol–water partition coefficient (Wildman–Crippen LogP) is 4.56. The molecule has 1 aromatic heterocycles. The normalized spacial score (nSPS) is 16.4. The molecular formula is C22H21ClN4O2S. The van der Waals surface area contributed by atoms with Crippen molar-refractivity contribution in [2.45, 2.75) is 29.9 Å². The van der Waals surface area contributed by atoms with Gasteiger partial charge in [0, 0.05) is 18.1 Å². The summed E-state index contributed by atoms with van der Waals surface area (Å²) in [4.78, 5) is 11.4. The number of halogens is 1. The standard InChI is InChI=1S/C22H21ClN4O2S/c1-15-10-12-27(13-11-15)22-21(25-18-4-2-3-5-19(18)26-22)20(14-24)30(28,29)17-8-6-16(23)7-9-17/h2-9,15,20H,10-13H2,1H3. The number of nitrogens with zero attached hydrogens (tertiary/aromatic N) is 4. The summed E-state index contributed by atoms with van der Waals surface area (Å²) in [6.07, 6.45) is 1.96. The van der Waals surface area contributed by atoms with Crippen molar-refractivity contribution >= 4 is 38.3 Å². The Kier molecular flexibility index (Phi) is 5.63. The summed E-state index contributed by atoms with van der Waals surface area (Å²) >= 11 is 5.91. The Hall–Kier alpha value is -2.69. The van der Waals surface area contributed by atoms with Gasteiger partial charge in [0.25, 0.3) is 0 Å². The molecule has 0 amide bonds. The number of fused-ring (bicyclic) bond motifs is 1. The van der Waals surface area contributed by atoms with E-state index in [0.29, 0.717) is 27.8 Å². The molecule has 1 atom stereocenters. The third-order valence-corrected chi connectivity index (χ3v) is 7.61. The van der Waals surface area contributed by atoms with E-state index in [2.05, 4.69) is 16.8 Å². The van der Waals surface area contributed by atoms with Gasteiger partial charge in [0.1, 0.15) is 5.69 Å². The Bertz CT molecular complexity index is 1210. The fraction of sp³-hybridized carbons (Fsp3) is 0.318. The highest BCUT2D eigenvalue weighted by Crippen LogP contribution is 2.35. The van der Waals surface area contributed by atoms with Crippen molar-refractivity contribution in [1.82, 2.24) is 9.97 Å². The van der Waals surface area contributed by atoms with Crippen molar-refractivity contribution < 1.29 is 8.42 Å². The van der Waals surface area contributed by atoms with Crippen LogP contribution in [-0.4, -0.2) is 31.5 Å². The molecule has 2 heterocycles. The van der Waals surface area contributed by atoms with Crippen LogP contribution in [0.1, 0.15) is 30.7 Å². The van der Waals surface area contributed by atoms with Gasteiger partial charge < -0.3 is 4.90 Å². The second-order valence-electron chi connectivity index (χ2n) is 7.60. The van der Waals surface area contributed by atoms with E-state index in [9.17, 15) is 13.7 Å². The number of nitriles is 1. The maximum Gasteiger partial charge on any atom is 0.200 e. The van der Waals surface area contributed by atoms with Gasteiger partial charge in [-0.1, -0.05) is 30.7 Å². The minimum absolute atomic E-state index is 0.0339. The first-order chi connectivity index (χ1) is 14.4. The molecule has 0 N–H and O–H groups in total. The number of anilines is 1. The molecule has 1 saturated heterocycles. The predicted molar refractivity (Wildman–Crippen MR) is 117 cm³/mol. The van der Waals surface area contributed by atoms with E-state index >= 15 is 0 Å². The van der Waals surface area contributed by atoms with Gasteiger partial charge in [-0.15, -0.1) is 0 Å². The van der Waals surface area contributed by atoms with Crippen molar-refractivity contribution in [1.29, 1.82) is 5.26 Å². The molecule has 0 spiro atoms. The number of hydrogen-bond acceptors (Lipinski definition) is 6. The number of para-hydroxylation sites is 2. The molecule has 6 nitrogen and oxygen atoms in total. The summed E-state index contributed by atoms with van der Waals surface area (Å²) < 4.78 is 26.7. The van der Waals surface area contributed by atoms with E-state index in [0.717, 1.165) is 25.9 Å². The molecule has 0 saturated carbocycles. The summed E-state index contributed by atoms with van der Waals surface area (Å²) in [5.74, 6) is 1.08. The lowest BCUT2D eigenvalue weighted by Crippen LogP contribution is -2.35. The highest BCUT2D eigenvalue weighted by Gasteiger charge is 2.35. The van der Waals surface area contributed by atoms with Crippen LogP contribution >= 0.6 is 11.6 Å². The van der Waals surface area contributed by atoms with Crippen LogP contribution in [0.15, 0.2) is 53.4 Å². The highest BCUT2D eigenvalue weighted by molar-refractivity contribution is 7.92. The Labute approximate surface area is 181 Å².